The van der Waals surface area contributed by atoms with Crippen LogP contribution in [-0.2, 0) is 9.53 Å². The molecule has 0 fully saturated rings. The quantitative estimate of drug-likeness (QED) is 0.440. The number of hydrogen-bond acceptors (Lipinski definition) is 4. The van der Waals surface area contributed by atoms with Crippen LogP contribution in [0.3, 0.4) is 0 Å². The predicted octanol–water partition coefficient (Wildman–Crippen LogP) is 2.83. The van der Waals surface area contributed by atoms with E-state index in [2.05, 4.69) is 11.3 Å². The molecule has 0 aliphatic carbocycles. The third kappa shape index (κ3) is 8.99. The summed E-state index contributed by atoms with van der Waals surface area (Å²) in [6, 6.07) is 3.27. The summed E-state index contributed by atoms with van der Waals surface area (Å²) in [6.07, 6.45) is 5.44. The zero-order valence-electron chi connectivity index (χ0n) is 9.77. The topological polar surface area (TPSA) is 56.5 Å². The highest BCUT2D eigenvalue weighted by molar-refractivity contribution is 5.69. The van der Waals surface area contributed by atoms with Gasteiger partial charge in [0.2, 0.25) is 0 Å². The van der Waals surface area contributed by atoms with Crippen LogP contribution in [0.4, 0.5) is 0 Å². The Balaban J connectivity index is 0.000000288. The summed E-state index contributed by atoms with van der Waals surface area (Å²) in [4.78, 5) is 20.0. The molecular formula is C12H18O4. The molecule has 1 aromatic rings. The number of esters is 1. The summed E-state index contributed by atoms with van der Waals surface area (Å²) < 4.78 is 9.32. The fraction of sp³-hybridized carbons (Fsp3) is 0.500. The molecular weight excluding hydrogens is 208 g/mol. The smallest absolute Gasteiger partial charge is 0.302 e. The molecule has 90 valence electrons. The summed E-state index contributed by atoms with van der Waals surface area (Å²) in [6.45, 7) is 4.14. The molecule has 1 aromatic heterocycles. The standard InChI is InChI=1S/C7H14O2.C5H4O2/c1-3-4-5-6-9-7(2)8;6-4-5-2-1-3-7-5/h3-6H2,1-2H3;1-4H. The first-order valence-corrected chi connectivity index (χ1v) is 5.32. The molecule has 4 nitrogen and oxygen atoms in total. The number of unbranched alkanes of at least 4 members (excludes halogenated alkanes) is 2. The van der Waals surface area contributed by atoms with E-state index in [1.54, 1.807) is 12.1 Å². The maximum atomic E-state index is 10.2. The van der Waals surface area contributed by atoms with Gasteiger partial charge in [0.15, 0.2) is 12.0 Å². The minimum absolute atomic E-state index is 0.175. The second-order valence-corrected chi connectivity index (χ2v) is 3.18. The number of ether oxygens (including phenoxy) is 1. The van der Waals surface area contributed by atoms with E-state index in [0.29, 0.717) is 18.7 Å². The maximum absolute atomic E-state index is 10.2. The second kappa shape index (κ2) is 9.96. The van der Waals surface area contributed by atoms with Gasteiger partial charge in [-0.2, -0.15) is 0 Å². The number of rotatable bonds is 5. The molecule has 0 amide bonds. The van der Waals surface area contributed by atoms with Gasteiger partial charge in [0.25, 0.3) is 0 Å². The molecule has 0 saturated heterocycles. The van der Waals surface area contributed by atoms with Gasteiger partial charge >= 0.3 is 5.97 Å². The molecule has 0 N–H and O–H groups in total. The fourth-order valence-electron chi connectivity index (χ4n) is 0.926. The van der Waals surface area contributed by atoms with Crippen molar-refractivity contribution in [3.8, 4) is 0 Å². The van der Waals surface area contributed by atoms with Crippen molar-refractivity contribution in [2.75, 3.05) is 6.61 Å². The Labute approximate surface area is 95.6 Å². The van der Waals surface area contributed by atoms with Gasteiger partial charge < -0.3 is 9.15 Å². The Morgan fingerprint density at radius 3 is 2.62 bits per heavy atom. The van der Waals surface area contributed by atoms with E-state index < -0.39 is 0 Å². The molecule has 0 aliphatic rings. The summed E-state index contributed by atoms with van der Waals surface area (Å²) in [7, 11) is 0. The normalized spacial score (nSPS) is 8.88. The number of furan rings is 1. The fourth-order valence-corrected chi connectivity index (χ4v) is 0.926. The Bertz CT molecular complexity index is 277. The van der Waals surface area contributed by atoms with Crippen LogP contribution in [0.15, 0.2) is 22.8 Å². The minimum Gasteiger partial charge on any atom is -0.466 e. The van der Waals surface area contributed by atoms with E-state index in [4.69, 9.17) is 4.74 Å². The minimum atomic E-state index is -0.175. The van der Waals surface area contributed by atoms with Crippen molar-refractivity contribution in [1.29, 1.82) is 0 Å². The van der Waals surface area contributed by atoms with E-state index in [1.165, 1.54) is 19.6 Å². The van der Waals surface area contributed by atoms with E-state index in [1.807, 2.05) is 0 Å². The lowest BCUT2D eigenvalue weighted by Crippen LogP contribution is -1.99. The Morgan fingerprint density at radius 1 is 1.50 bits per heavy atom. The second-order valence-electron chi connectivity index (χ2n) is 3.18. The summed E-state index contributed by atoms with van der Waals surface area (Å²) in [5.41, 5.74) is 0. The van der Waals surface area contributed by atoms with Crippen molar-refractivity contribution in [1.82, 2.24) is 0 Å². The highest BCUT2D eigenvalue weighted by atomic mass is 16.5. The molecule has 0 radical (unpaired) electrons. The predicted molar refractivity (Wildman–Crippen MR) is 60.3 cm³/mol. The average molecular weight is 226 g/mol. The van der Waals surface area contributed by atoms with Crippen molar-refractivity contribution in [3.05, 3.63) is 24.2 Å². The van der Waals surface area contributed by atoms with Crippen molar-refractivity contribution in [2.24, 2.45) is 0 Å². The van der Waals surface area contributed by atoms with Gasteiger partial charge in [-0.25, -0.2) is 0 Å². The van der Waals surface area contributed by atoms with Crippen LogP contribution in [0.1, 0.15) is 43.7 Å². The van der Waals surface area contributed by atoms with E-state index >= 15 is 0 Å². The number of hydrogen-bond donors (Lipinski definition) is 0. The molecule has 0 aromatic carbocycles. The van der Waals surface area contributed by atoms with E-state index in [9.17, 15) is 9.59 Å². The van der Waals surface area contributed by atoms with Gasteiger partial charge in [0.05, 0.1) is 12.9 Å². The first-order chi connectivity index (χ1) is 7.70. The SMILES string of the molecule is CCCCCOC(C)=O.O=Cc1ccco1. The van der Waals surface area contributed by atoms with Gasteiger partial charge in [-0.15, -0.1) is 0 Å². The number of carbonyl (C=O) groups excluding carboxylic acids is 2. The van der Waals surface area contributed by atoms with Gasteiger partial charge in [-0.3, -0.25) is 9.59 Å². The molecule has 0 bridgehead atoms. The van der Waals surface area contributed by atoms with Gasteiger partial charge in [-0.05, 0) is 18.6 Å². The Morgan fingerprint density at radius 2 is 2.25 bits per heavy atom. The van der Waals surface area contributed by atoms with Crippen LogP contribution >= 0.6 is 0 Å². The van der Waals surface area contributed by atoms with Crippen LogP contribution in [0, 0.1) is 0 Å². The van der Waals surface area contributed by atoms with Crippen molar-refractivity contribution < 1.29 is 18.7 Å². The molecule has 0 saturated carbocycles. The van der Waals surface area contributed by atoms with Crippen LogP contribution in [0.25, 0.3) is 0 Å². The largest absolute Gasteiger partial charge is 0.466 e. The molecule has 1 rings (SSSR count). The van der Waals surface area contributed by atoms with E-state index in [0.717, 1.165) is 12.8 Å². The van der Waals surface area contributed by atoms with Gasteiger partial charge in [0.1, 0.15) is 0 Å². The molecule has 16 heavy (non-hydrogen) atoms. The molecule has 1 heterocycles. The highest BCUT2D eigenvalue weighted by Gasteiger charge is 1.89. The monoisotopic (exact) mass is 226 g/mol. The molecule has 0 spiro atoms. The highest BCUT2D eigenvalue weighted by Crippen LogP contribution is 1.93. The Hall–Kier alpha value is -1.58. The van der Waals surface area contributed by atoms with Crippen LogP contribution in [0.5, 0.6) is 0 Å². The summed E-state index contributed by atoms with van der Waals surface area (Å²) in [5, 5.41) is 0. The lowest BCUT2D eigenvalue weighted by Gasteiger charge is -1.98. The van der Waals surface area contributed by atoms with Crippen LogP contribution in [0.2, 0.25) is 0 Å². The molecule has 0 unspecified atom stereocenters. The summed E-state index contributed by atoms with van der Waals surface area (Å²) >= 11 is 0. The Kier molecular flexibility index (Phi) is 8.97. The molecule has 4 heteroatoms. The molecule has 0 atom stereocenters. The zero-order valence-corrected chi connectivity index (χ0v) is 9.77. The van der Waals surface area contributed by atoms with Gasteiger partial charge in [0, 0.05) is 6.92 Å². The van der Waals surface area contributed by atoms with Crippen molar-refractivity contribution in [3.63, 3.8) is 0 Å². The zero-order chi connectivity index (χ0) is 12.2. The van der Waals surface area contributed by atoms with Crippen LogP contribution in [-0.4, -0.2) is 18.9 Å². The van der Waals surface area contributed by atoms with Gasteiger partial charge in [-0.1, -0.05) is 19.8 Å². The number of aldehydes is 1. The molecule has 0 aliphatic heterocycles. The lowest BCUT2D eigenvalue weighted by atomic mass is 10.3. The number of carbonyl (C=O) groups is 2. The van der Waals surface area contributed by atoms with Crippen molar-refractivity contribution in [2.45, 2.75) is 33.1 Å². The average Bonchev–Trinajstić information content (AvgIpc) is 2.78. The third-order valence-corrected chi connectivity index (χ3v) is 1.71. The first-order valence-electron chi connectivity index (χ1n) is 5.32. The third-order valence-electron chi connectivity index (χ3n) is 1.71. The van der Waals surface area contributed by atoms with E-state index in [-0.39, 0.29) is 5.97 Å². The summed E-state index contributed by atoms with van der Waals surface area (Å²) in [5.74, 6) is 0.200. The maximum Gasteiger partial charge on any atom is 0.302 e. The van der Waals surface area contributed by atoms with Crippen molar-refractivity contribution >= 4 is 12.3 Å². The van der Waals surface area contributed by atoms with Crippen LogP contribution < -0.4 is 0 Å². The first kappa shape index (κ1) is 14.4. The lowest BCUT2D eigenvalue weighted by molar-refractivity contribution is -0.141.